The van der Waals surface area contributed by atoms with Gasteiger partial charge in [0.2, 0.25) is 5.91 Å². The summed E-state index contributed by atoms with van der Waals surface area (Å²) >= 11 is 0. The lowest BCUT2D eigenvalue weighted by molar-refractivity contribution is -0.131. The Bertz CT molecular complexity index is 1560. The molecular formula is C39H45N3O4. The molecule has 5 rings (SSSR count). The predicted molar refractivity (Wildman–Crippen MR) is 183 cm³/mol. The highest BCUT2D eigenvalue weighted by Gasteiger charge is 2.25. The van der Waals surface area contributed by atoms with Gasteiger partial charge in [-0.25, -0.2) is 0 Å². The Hall–Kier alpha value is -4.62. The van der Waals surface area contributed by atoms with Crippen LogP contribution >= 0.6 is 0 Å². The summed E-state index contributed by atoms with van der Waals surface area (Å²) in [6, 6.07) is 33.9. The molecule has 0 bridgehead atoms. The van der Waals surface area contributed by atoms with Crippen molar-refractivity contribution < 1.29 is 19.1 Å². The molecule has 4 aromatic rings. The summed E-state index contributed by atoms with van der Waals surface area (Å²) in [6.07, 6.45) is 2.66. The average molecular weight is 620 g/mol. The highest BCUT2D eigenvalue weighted by atomic mass is 16.5. The first kappa shape index (κ1) is 32.8. The number of ether oxygens (including phenoxy) is 2. The van der Waals surface area contributed by atoms with E-state index in [1.807, 2.05) is 89.5 Å². The fourth-order valence-electron chi connectivity index (χ4n) is 6.19. The van der Waals surface area contributed by atoms with Gasteiger partial charge in [0.15, 0.2) is 6.61 Å². The van der Waals surface area contributed by atoms with Crippen LogP contribution in [0.4, 0.5) is 5.69 Å². The summed E-state index contributed by atoms with van der Waals surface area (Å²) in [5.41, 5.74) is 5.13. The van der Waals surface area contributed by atoms with E-state index in [1.165, 1.54) is 5.56 Å². The first-order chi connectivity index (χ1) is 22.5. The van der Waals surface area contributed by atoms with Crippen molar-refractivity contribution in [3.8, 4) is 11.5 Å². The fourth-order valence-corrected chi connectivity index (χ4v) is 6.19. The van der Waals surface area contributed by atoms with Gasteiger partial charge >= 0.3 is 0 Å². The molecule has 2 amide bonds. The minimum Gasteiger partial charge on any atom is -0.496 e. The van der Waals surface area contributed by atoms with Gasteiger partial charge in [-0.15, -0.1) is 0 Å². The molecule has 1 aliphatic heterocycles. The standard InChI is InChI=1S/C39H45N3O4/c1-31-14-11-18-34-29-41(37(43)23-22-33-17-9-10-21-36(33)45-2)26-12-24-40(28-32-15-5-3-6-16-32)25-13-27-42(39(31)34)38(44)30-46-35-19-7-4-8-20-35/h3-11,14-21H,12-13,22-30H2,1-2H3. The number of hydrogen-bond donors (Lipinski definition) is 0. The van der Waals surface area contributed by atoms with Crippen molar-refractivity contribution >= 4 is 17.5 Å². The second-order valence-electron chi connectivity index (χ2n) is 11.8. The SMILES string of the molecule is COc1ccccc1CCC(=O)N1CCCN(Cc2ccccc2)CCCN(C(=O)COc2ccccc2)c2c(C)cccc2C1. The highest BCUT2D eigenvalue weighted by molar-refractivity contribution is 5.96. The zero-order chi connectivity index (χ0) is 32.1. The van der Waals surface area contributed by atoms with E-state index in [4.69, 9.17) is 9.47 Å². The molecule has 240 valence electrons. The maximum absolute atomic E-state index is 13.9. The molecule has 0 unspecified atom stereocenters. The number of nitrogens with zero attached hydrogens (tertiary/aromatic N) is 3. The van der Waals surface area contributed by atoms with Crippen LogP contribution in [0.5, 0.6) is 11.5 Å². The number of carbonyl (C=O) groups is 2. The van der Waals surface area contributed by atoms with Gasteiger partial charge in [-0.3, -0.25) is 14.5 Å². The van der Waals surface area contributed by atoms with Gasteiger partial charge < -0.3 is 19.3 Å². The number of hydrogen-bond acceptors (Lipinski definition) is 5. The van der Waals surface area contributed by atoms with Gasteiger partial charge in [-0.05, 0) is 66.6 Å². The number of rotatable bonds is 9. The number of carbonyl (C=O) groups excluding carboxylic acids is 2. The molecule has 7 nitrogen and oxygen atoms in total. The minimum atomic E-state index is -0.0971. The van der Waals surface area contributed by atoms with Crippen molar-refractivity contribution in [2.45, 2.75) is 45.7 Å². The molecule has 0 N–H and O–H groups in total. The number of para-hydroxylation sites is 3. The van der Waals surface area contributed by atoms with Gasteiger partial charge in [0.25, 0.3) is 5.91 Å². The van der Waals surface area contributed by atoms with E-state index >= 15 is 0 Å². The van der Waals surface area contributed by atoms with Gasteiger partial charge in [-0.1, -0.05) is 84.9 Å². The summed E-state index contributed by atoms with van der Waals surface area (Å²) in [5, 5.41) is 0. The Kier molecular flexibility index (Phi) is 11.8. The summed E-state index contributed by atoms with van der Waals surface area (Å²) in [7, 11) is 1.66. The van der Waals surface area contributed by atoms with Gasteiger partial charge in [0.05, 0.1) is 12.8 Å². The maximum atomic E-state index is 13.9. The monoisotopic (exact) mass is 619 g/mol. The van der Waals surface area contributed by atoms with Crippen LogP contribution in [0.15, 0.2) is 103 Å². The van der Waals surface area contributed by atoms with E-state index in [2.05, 4.69) is 35.2 Å². The third-order valence-electron chi connectivity index (χ3n) is 8.52. The molecule has 46 heavy (non-hydrogen) atoms. The Balaban J connectivity index is 1.41. The third kappa shape index (κ3) is 8.98. The summed E-state index contributed by atoms with van der Waals surface area (Å²) in [5.74, 6) is 1.46. The van der Waals surface area contributed by atoms with E-state index in [9.17, 15) is 9.59 Å². The molecule has 0 aromatic heterocycles. The van der Waals surface area contributed by atoms with Crippen molar-refractivity contribution in [3.05, 3.63) is 125 Å². The zero-order valence-corrected chi connectivity index (χ0v) is 27.1. The molecule has 0 spiro atoms. The van der Waals surface area contributed by atoms with Crippen molar-refractivity contribution in [2.75, 3.05) is 44.8 Å². The summed E-state index contributed by atoms with van der Waals surface area (Å²) in [4.78, 5) is 34.1. The number of benzene rings is 4. The molecule has 0 fully saturated rings. The highest BCUT2D eigenvalue weighted by Crippen LogP contribution is 2.29. The number of methoxy groups -OCH3 is 1. The molecule has 4 aromatic carbocycles. The molecule has 1 heterocycles. The van der Waals surface area contributed by atoms with Crippen LogP contribution in [0.1, 0.15) is 41.5 Å². The molecule has 0 atom stereocenters. The molecule has 0 saturated carbocycles. The Morgan fingerprint density at radius 1 is 0.739 bits per heavy atom. The van der Waals surface area contributed by atoms with E-state index < -0.39 is 0 Å². The van der Waals surface area contributed by atoms with Gasteiger partial charge in [0, 0.05) is 45.7 Å². The van der Waals surface area contributed by atoms with Crippen LogP contribution < -0.4 is 14.4 Å². The number of fused-ring (bicyclic) bond motifs is 1. The zero-order valence-electron chi connectivity index (χ0n) is 27.1. The lowest BCUT2D eigenvalue weighted by atomic mass is 10.0. The molecule has 0 radical (unpaired) electrons. The normalized spacial score (nSPS) is 14.5. The molecule has 1 aliphatic rings. The predicted octanol–water partition coefficient (Wildman–Crippen LogP) is 6.67. The van der Waals surface area contributed by atoms with Crippen LogP contribution in [0.2, 0.25) is 0 Å². The molecule has 0 saturated heterocycles. The summed E-state index contributed by atoms with van der Waals surface area (Å²) < 4.78 is 11.5. The van der Waals surface area contributed by atoms with Crippen LogP contribution in [0.3, 0.4) is 0 Å². The van der Waals surface area contributed by atoms with Gasteiger partial charge in [0.1, 0.15) is 11.5 Å². The second-order valence-corrected chi connectivity index (χ2v) is 11.8. The minimum absolute atomic E-state index is 0.0624. The summed E-state index contributed by atoms with van der Waals surface area (Å²) in [6.45, 7) is 6.12. The van der Waals surface area contributed by atoms with E-state index in [0.29, 0.717) is 38.2 Å². The van der Waals surface area contributed by atoms with Gasteiger partial charge in [-0.2, -0.15) is 0 Å². The fraction of sp³-hybridized carbons (Fsp3) is 0.333. The maximum Gasteiger partial charge on any atom is 0.264 e. The van der Waals surface area contributed by atoms with Crippen LogP contribution in [-0.2, 0) is 29.1 Å². The van der Waals surface area contributed by atoms with E-state index in [0.717, 1.165) is 60.6 Å². The van der Waals surface area contributed by atoms with E-state index in [1.54, 1.807) is 7.11 Å². The molecule has 7 heteroatoms. The quantitative estimate of drug-likeness (QED) is 0.209. The Labute approximate surface area is 273 Å². The largest absolute Gasteiger partial charge is 0.496 e. The first-order valence-corrected chi connectivity index (χ1v) is 16.2. The van der Waals surface area contributed by atoms with Crippen molar-refractivity contribution in [1.82, 2.24) is 9.80 Å². The van der Waals surface area contributed by atoms with Crippen LogP contribution in [-0.4, -0.2) is 61.5 Å². The lowest BCUT2D eigenvalue weighted by Crippen LogP contribution is -2.40. The Morgan fingerprint density at radius 3 is 2.20 bits per heavy atom. The lowest BCUT2D eigenvalue weighted by Gasteiger charge is -2.32. The number of amides is 2. The third-order valence-corrected chi connectivity index (χ3v) is 8.52. The van der Waals surface area contributed by atoms with Crippen molar-refractivity contribution in [1.29, 1.82) is 0 Å². The first-order valence-electron chi connectivity index (χ1n) is 16.2. The topological polar surface area (TPSA) is 62.3 Å². The molecule has 0 aliphatic carbocycles. The van der Waals surface area contributed by atoms with Crippen LogP contribution in [0, 0.1) is 6.92 Å². The smallest absolute Gasteiger partial charge is 0.264 e. The van der Waals surface area contributed by atoms with Crippen molar-refractivity contribution in [3.63, 3.8) is 0 Å². The Morgan fingerprint density at radius 2 is 1.43 bits per heavy atom. The molecular weight excluding hydrogens is 574 g/mol. The number of anilines is 1. The van der Waals surface area contributed by atoms with Crippen molar-refractivity contribution in [2.24, 2.45) is 0 Å². The second kappa shape index (κ2) is 16.6. The van der Waals surface area contributed by atoms with E-state index in [-0.39, 0.29) is 18.4 Å². The average Bonchev–Trinajstić information content (AvgIpc) is 3.08. The number of aryl methyl sites for hydroxylation is 2. The van der Waals surface area contributed by atoms with Crippen LogP contribution in [0.25, 0.3) is 0 Å².